The number of carboxylic acids is 1. The lowest BCUT2D eigenvalue weighted by Gasteiger charge is -2.30. The lowest BCUT2D eigenvalue weighted by atomic mass is 9.88. The van der Waals surface area contributed by atoms with Gasteiger partial charge in [-0.05, 0) is 47.7 Å². The maximum atomic E-state index is 11.7. The predicted octanol–water partition coefficient (Wildman–Crippen LogP) is 6.35. The third kappa shape index (κ3) is 3.33. The average molecular weight is 434 g/mol. The predicted molar refractivity (Wildman–Crippen MR) is 127 cm³/mol. The molecule has 0 bridgehead atoms. The fourth-order valence-electron chi connectivity index (χ4n) is 5.10. The summed E-state index contributed by atoms with van der Waals surface area (Å²) >= 11 is 0. The van der Waals surface area contributed by atoms with Gasteiger partial charge in [0.25, 0.3) is 0 Å². The molecular weight excluding hydrogens is 412 g/mol. The van der Waals surface area contributed by atoms with Crippen molar-refractivity contribution in [1.29, 1.82) is 0 Å². The van der Waals surface area contributed by atoms with Crippen LogP contribution in [-0.4, -0.2) is 16.2 Å². The molecular formula is C28H22N2O3. The molecule has 5 heteroatoms. The van der Waals surface area contributed by atoms with Gasteiger partial charge in [0, 0.05) is 29.4 Å². The minimum absolute atomic E-state index is 0.0878. The number of allylic oxidation sites excluding steroid dienone is 1. The second-order valence-electron chi connectivity index (χ2n) is 8.51. The van der Waals surface area contributed by atoms with Crippen molar-refractivity contribution in [3.8, 4) is 11.3 Å². The van der Waals surface area contributed by atoms with Crippen LogP contribution in [-0.2, 0) is 6.42 Å². The van der Waals surface area contributed by atoms with Gasteiger partial charge in [-0.25, -0.2) is 4.79 Å². The molecule has 1 aromatic heterocycles. The van der Waals surface area contributed by atoms with E-state index in [9.17, 15) is 9.90 Å². The van der Waals surface area contributed by atoms with Crippen LogP contribution in [0.1, 0.15) is 46.1 Å². The standard InChI is InChI=1S/C28H22N2O3/c31-28(32)20-10-6-11-21(15-20)30-25-14-13-18-7-4-5-12-22(18)23(25)16-26(30)27-17-24(29-33-27)19-8-2-1-3-9-19/h1-12,15,17,26H,13-14,16H2,(H,31,32). The first-order chi connectivity index (χ1) is 16.2. The quantitative estimate of drug-likeness (QED) is 0.405. The van der Waals surface area contributed by atoms with Crippen molar-refractivity contribution in [3.05, 3.63) is 113 Å². The van der Waals surface area contributed by atoms with Crippen LogP contribution in [0.25, 0.3) is 16.8 Å². The first-order valence-electron chi connectivity index (χ1n) is 11.1. The summed E-state index contributed by atoms with van der Waals surface area (Å²) in [6.07, 6.45) is 2.65. The van der Waals surface area contributed by atoms with E-state index < -0.39 is 5.97 Å². The molecule has 0 radical (unpaired) electrons. The average Bonchev–Trinajstić information content (AvgIpc) is 3.50. The zero-order valence-electron chi connectivity index (χ0n) is 17.9. The number of aromatic carboxylic acids is 1. The topological polar surface area (TPSA) is 66.6 Å². The second-order valence-corrected chi connectivity index (χ2v) is 8.51. The summed E-state index contributed by atoms with van der Waals surface area (Å²) in [6.45, 7) is 0. The number of aryl methyl sites for hydroxylation is 1. The highest BCUT2D eigenvalue weighted by Crippen LogP contribution is 2.50. The largest absolute Gasteiger partial charge is 0.478 e. The van der Waals surface area contributed by atoms with Crippen LogP contribution >= 0.6 is 0 Å². The number of anilines is 1. The molecule has 3 aromatic carbocycles. The van der Waals surface area contributed by atoms with Crippen LogP contribution < -0.4 is 4.90 Å². The second kappa shape index (κ2) is 7.78. The molecule has 1 N–H and O–H groups in total. The van der Waals surface area contributed by atoms with Crippen molar-refractivity contribution >= 4 is 17.2 Å². The number of fused-ring (bicyclic) bond motifs is 2. The molecule has 162 valence electrons. The Bertz CT molecular complexity index is 1390. The maximum absolute atomic E-state index is 11.7. The van der Waals surface area contributed by atoms with Crippen molar-refractivity contribution in [2.24, 2.45) is 0 Å². The van der Waals surface area contributed by atoms with Gasteiger partial charge in [0.05, 0.1) is 11.6 Å². The summed E-state index contributed by atoms with van der Waals surface area (Å²) in [7, 11) is 0. The Morgan fingerprint density at radius 2 is 1.76 bits per heavy atom. The molecule has 2 heterocycles. The van der Waals surface area contributed by atoms with E-state index in [1.54, 1.807) is 18.2 Å². The van der Waals surface area contributed by atoms with E-state index in [0.29, 0.717) is 0 Å². The summed E-state index contributed by atoms with van der Waals surface area (Å²) in [5.74, 6) is -0.150. The SMILES string of the molecule is O=C(O)c1cccc(N2C3=C(CC2c2cc(-c4ccccc4)no2)c2ccccc2CC3)c1. The molecule has 1 unspecified atom stereocenters. The Hall–Kier alpha value is -4.12. The molecule has 0 amide bonds. The Balaban J connectivity index is 1.47. The van der Waals surface area contributed by atoms with Gasteiger partial charge < -0.3 is 14.5 Å². The van der Waals surface area contributed by atoms with Gasteiger partial charge in [-0.1, -0.05) is 65.8 Å². The van der Waals surface area contributed by atoms with Gasteiger partial charge in [0.15, 0.2) is 5.76 Å². The van der Waals surface area contributed by atoms with Crippen LogP contribution in [0, 0.1) is 0 Å². The minimum atomic E-state index is -0.929. The zero-order valence-corrected chi connectivity index (χ0v) is 17.9. The van der Waals surface area contributed by atoms with E-state index in [-0.39, 0.29) is 11.6 Å². The fourth-order valence-corrected chi connectivity index (χ4v) is 5.10. The van der Waals surface area contributed by atoms with Gasteiger partial charge in [-0.15, -0.1) is 0 Å². The van der Waals surface area contributed by atoms with Crippen LogP contribution in [0.3, 0.4) is 0 Å². The smallest absolute Gasteiger partial charge is 0.335 e. The Labute approximate surface area is 191 Å². The summed E-state index contributed by atoms with van der Waals surface area (Å²) in [6, 6.07) is 27.6. The maximum Gasteiger partial charge on any atom is 0.335 e. The monoisotopic (exact) mass is 434 g/mol. The highest BCUT2D eigenvalue weighted by molar-refractivity contribution is 5.90. The number of carboxylic acid groups (broad SMARTS) is 1. The Morgan fingerprint density at radius 3 is 2.61 bits per heavy atom. The van der Waals surface area contributed by atoms with Crippen molar-refractivity contribution < 1.29 is 14.4 Å². The lowest BCUT2D eigenvalue weighted by molar-refractivity contribution is 0.0697. The molecule has 4 aromatic rings. The van der Waals surface area contributed by atoms with Crippen LogP contribution in [0.4, 0.5) is 5.69 Å². The van der Waals surface area contributed by atoms with E-state index in [2.05, 4.69) is 34.3 Å². The number of nitrogens with zero attached hydrogens (tertiary/aromatic N) is 2. The molecule has 0 spiro atoms. The highest BCUT2D eigenvalue weighted by atomic mass is 16.5. The van der Waals surface area contributed by atoms with Crippen LogP contribution in [0.15, 0.2) is 95.1 Å². The van der Waals surface area contributed by atoms with E-state index in [1.807, 2.05) is 42.5 Å². The van der Waals surface area contributed by atoms with E-state index in [4.69, 9.17) is 4.52 Å². The fraction of sp³-hybridized carbons (Fsp3) is 0.143. The number of rotatable bonds is 4. The van der Waals surface area contributed by atoms with E-state index in [1.165, 1.54) is 22.4 Å². The van der Waals surface area contributed by atoms with Crippen LogP contribution in [0.2, 0.25) is 0 Å². The van der Waals surface area contributed by atoms with Crippen molar-refractivity contribution in [3.63, 3.8) is 0 Å². The summed E-state index contributed by atoms with van der Waals surface area (Å²) < 4.78 is 5.89. The molecule has 2 aliphatic rings. The van der Waals surface area contributed by atoms with Crippen molar-refractivity contribution in [1.82, 2.24) is 5.16 Å². The summed E-state index contributed by atoms with van der Waals surface area (Å²) in [4.78, 5) is 13.9. The molecule has 0 saturated heterocycles. The molecule has 33 heavy (non-hydrogen) atoms. The minimum Gasteiger partial charge on any atom is -0.478 e. The lowest BCUT2D eigenvalue weighted by Crippen LogP contribution is -2.24. The van der Waals surface area contributed by atoms with Crippen molar-refractivity contribution in [2.75, 3.05) is 4.90 Å². The first-order valence-corrected chi connectivity index (χ1v) is 11.1. The number of benzene rings is 3. The molecule has 6 rings (SSSR count). The van der Waals surface area contributed by atoms with Gasteiger partial charge >= 0.3 is 5.97 Å². The van der Waals surface area contributed by atoms with Crippen molar-refractivity contribution in [2.45, 2.75) is 25.3 Å². The first kappa shape index (κ1) is 19.6. The van der Waals surface area contributed by atoms with Gasteiger partial charge in [0.2, 0.25) is 0 Å². The Kier molecular flexibility index (Phi) is 4.61. The van der Waals surface area contributed by atoms with E-state index >= 15 is 0 Å². The molecule has 5 nitrogen and oxygen atoms in total. The molecule has 0 saturated carbocycles. The summed E-state index contributed by atoms with van der Waals surface area (Å²) in [5, 5.41) is 13.9. The molecule has 1 aliphatic carbocycles. The zero-order chi connectivity index (χ0) is 22.4. The normalized spacial score (nSPS) is 17.1. The molecule has 0 fully saturated rings. The third-order valence-electron chi connectivity index (χ3n) is 6.62. The van der Waals surface area contributed by atoms with Gasteiger partial charge in [0.1, 0.15) is 5.69 Å². The number of hydrogen-bond donors (Lipinski definition) is 1. The van der Waals surface area contributed by atoms with E-state index in [0.717, 1.165) is 42.0 Å². The highest BCUT2D eigenvalue weighted by Gasteiger charge is 2.39. The van der Waals surface area contributed by atoms with Gasteiger partial charge in [-0.3, -0.25) is 0 Å². The number of aromatic nitrogens is 1. The van der Waals surface area contributed by atoms with Gasteiger partial charge in [-0.2, -0.15) is 0 Å². The number of hydrogen-bond acceptors (Lipinski definition) is 4. The number of carbonyl (C=O) groups is 1. The van der Waals surface area contributed by atoms with Crippen LogP contribution in [0.5, 0.6) is 0 Å². The molecule has 1 atom stereocenters. The molecule has 1 aliphatic heterocycles. The third-order valence-corrected chi connectivity index (χ3v) is 6.62. The summed E-state index contributed by atoms with van der Waals surface area (Å²) in [5.41, 5.74) is 8.13. The Morgan fingerprint density at radius 1 is 0.939 bits per heavy atom.